The number of hydrogen-bond donors (Lipinski definition) is 1. The minimum Gasteiger partial charge on any atom is -0.504 e. The lowest BCUT2D eigenvalue weighted by Gasteiger charge is -2.41. The number of aliphatic hydroxyl groups is 1. The molecule has 1 aromatic rings. The van der Waals surface area contributed by atoms with Crippen molar-refractivity contribution in [2.45, 2.75) is 57.8 Å². The molecule has 0 bridgehead atoms. The van der Waals surface area contributed by atoms with Gasteiger partial charge in [0.1, 0.15) is 5.41 Å². The Hall–Kier alpha value is -1.64. The van der Waals surface area contributed by atoms with Gasteiger partial charge in [0.25, 0.3) is 0 Å². The highest BCUT2D eigenvalue weighted by Gasteiger charge is 2.55. The molecule has 0 radical (unpaired) electrons. The van der Waals surface area contributed by atoms with Crippen LogP contribution in [0.5, 0.6) is 0 Å². The number of hydrogen-bond acceptors (Lipinski definition) is 3. The van der Waals surface area contributed by atoms with E-state index in [1.54, 1.807) is 6.20 Å². The molecular weight excluding hydrogens is 250 g/mol. The number of unbranched alkanes of at least 4 members (excludes halogenated alkanes) is 2. The Kier molecular flexibility index (Phi) is 4.58. The molecule has 108 valence electrons. The second-order valence-electron chi connectivity index (χ2n) is 5.48. The fourth-order valence-electron chi connectivity index (χ4n) is 3.02. The summed E-state index contributed by atoms with van der Waals surface area (Å²) >= 11 is 0. The van der Waals surface area contributed by atoms with Crippen LogP contribution in [0.2, 0.25) is 0 Å². The van der Waals surface area contributed by atoms with Crippen molar-refractivity contribution in [3.05, 3.63) is 41.4 Å². The first-order valence-electron chi connectivity index (χ1n) is 7.57. The first-order valence-corrected chi connectivity index (χ1v) is 7.57. The van der Waals surface area contributed by atoms with Gasteiger partial charge in [-0.15, -0.1) is 0 Å². The molecule has 1 atom stereocenters. The molecule has 1 N–H and O–H groups in total. The number of ketones is 1. The Labute approximate surface area is 120 Å². The molecule has 0 amide bonds. The third-order valence-corrected chi connectivity index (χ3v) is 4.19. The standard InChI is InChI=1S/C17H23NO2/c1-3-5-9-13-15(19)16(20)17(13,11-6-4-2)14-10-7-8-12-18-14/h7-8,10,12,19H,3-6,9,11H2,1-2H3. The van der Waals surface area contributed by atoms with E-state index in [4.69, 9.17) is 0 Å². The molecule has 0 fully saturated rings. The van der Waals surface area contributed by atoms with E-state index in [1.807, 2.05) is 18.2 Å². The monoisotopic (exact) mass is 273 g/mol. The van der Waals surface area contributed by atoms with Crippen LogP contribution in [0.25, 0.3) is 0 Å². The molecule has 1 aliphatic rings. The molecule has 0 saturated carbocycles. The van der Waals surface area contributed by atoms with Crippen molar-refractivity contribution in [3.63, 3.8) is 0 Å². The van der Waals surface area contributed by atoms with Crippen LogP contribution in [0.3, 0.4) is 0 Å². The molecular formula is C17H23NO2. The molecule has 0 saturated heterocycles. The van der Waals surface area contributed by atoms with Gasteiger partial charge in [0.05, 0.1) is 5.69 Å². The maximum absolute atomic E-state index is 12.4. The van der Waals surface area contributed by atoms with Gasteiger partial charge in [-0.1, -0.05) is 39.2 Å². The summed E-state index contributed by atoms with van der Waals surface area (Å²) < 4.78 is 0. The summed E-state index contributed by atoms with van der Waals surface area (Å²) in [7, 11) is 0. The number of aromatic nitrogens is 1. The van der Waals surface area contributed by atoms with Crippen LogP contribution < -0.4 is 0 Å². The zero-order chi connectivity index (χ0) is 14.6. The van der Waals surface area contributed by atoms with Crippen LogP contribution in [0.4, 0.5) is 0 Å². The van der Waals surface area contributed by atoms with E-state index in [2.05, 4.69) is 18.8 Å². The number of aliphatic hydroxyl groups excluding tert-OH is 1. The normalized spacial score (nSPS) is 22.0. The molecule has 0 aromatic carbocycles. The summed E-state index contributed by atoms with van der Waals surface area (Å²) in [5.41, 5.74) is 1.04. The number of rotatable bonds is 7. The zero-order valence-corrected chi connectivity index (χ0v) is 12.4. The highest BCUT2D eigenvalue weighted by atomic mass is 16.3. The highest BCUT2D eigenvalue weighted by molar-refractivity contribution is 6.12. The highest BCUT2D eigenvalue weighted by Crippen LogP contribution is 2.49. The molecule has 3 heteroatoms. The smallest absolute Gasteiger partial charge is 0.213 e. The molecule has 0 spiro atoms. The minimum absolute atomic E-state index is 0.0137. The Morgan fingerprint density at radius 1 is 1.20 bits per heavy atom. The average molecular weight is 273 g/mol. The summed E-state index contributed by atoms with van der Waals surface area (Å²) in [6, 6.07) is 5.68. The maximum atomic E-state index is 12.4. The van der Waals surface area contributed by atoms with Gasteiger partial charge in [-0.25, -0.2) is 0 Å². The molecule has 1 aromatic heterocycles. The van der Waals surface area contributed by atoms with Gasteiger partial charge >= 0.3 is 0 Å². The molecule has 1 unspecified atom stereocenters. The van der Waals surface area contributed by atoms with E-state index >= 15 is 0 Å². The van der Waals surface area contributed by atoms with Gasteiger partial charge < -0.3 is 5.11 Å². The van der Waals surface area contributed by atoms with Gasteiger partial charge in [-0.3, -0.25) is 9.78 Å². The Balaban J connectivity index is 2.40. The van der Waals surface area contributed by atoms with Crippen LogP contribution in [0.15, 0.2) is 35.7 Å². The van der Waals surface area contributed by atoms with Crippen molar-refractivity contribution >= 4 is 5.78 Å². The SMILES string of the molecule is CCCCC1=C(O)C(=O)C1(CCCC)c1ccccn1. The fraction of sp³-hybridized carbons (Fsp3) is 0.529. The van der Waals surface area contributed by atoms with Gasteiger partial charge in [0.15, 0.2) is 5.76 Å². The van der Waals surface area contributed by atoms with Gasteiger partial charge in [0.2, 0.25) is 5.78 Å². The quantitative estimate of drug-likeness (QED) is 0.814. The summed E-state index contributed by atoms with van der Waals surface area (Å²) in [6.07, 6.45) is 7.30. The van der Waals surface area contributed by atoms with Gasteiger partial charge in [0, 0.05) is 6.20 Å². The number of allylic oxidation sites excluding steroid dienone is 2. The molecule has 1 heterocycles. The zero-order valence-electron chi connectivity index (χ0n) is 12.4. The Bertz CT molecular complexity index is 507. The van der Waals surface area contributed by atoms with Gasteiger partial charge in [-0.05, 0) is 37.0 Å². The minimum atomic E-state index is -0.656. The van der Waals surface area contributed by atoms with Crippen molar-refractivity contribution in [2.24, 2.45) is 0 Å². The van der Waals surface area contributed by atoms with Gasteiger partial charge in [-0.2, -0.15) is 0 Å². The molecule has 0 aliphatic heterocycles. The third kappa shape index (κ3) is 2.26. The van der Waals surface area contributed by atoms with E-state index < -0.39 is 5.41 Å². The Morgan fingerprint density at radius 2 is 1.95 bits per heavy atom. The first-order chi connectivity index (χ1) is 9.68. The largest absolute Gasteiger partial charge is 0.504 e. The lowest BCUT2D eigenvalue weighted by atomic mass is 9.60. The number of nitrogens with zero attached hydrogens (tertiary/aromatic N) is 1. The maximum Gasteiger partial charge on any atom is 0.213 e. The van der Waals surface area contributed by atoms with Crippen LogP contribution in [0, 0.1) is 0 Å². The fourth-order valence-corrected chi connectivity index (χ4v) is 3.02. The molecule has 2 rings (SSSR count). The summed E-state index contributed by atoms with van der Waals surface area (Å²) in [6.45, 7) is 4.23. The van der Waals surface area contributed by atoms with Crippen LogP contribution in [0.1, 0.15) is 58.1 Å². The topological polar surface area (TPSA) is 50.2 Å². The summed E-state index contributed by atoms with van der Waals surface area (Å²) in [5, 5.41) is 10.0. The lowest BCUT2D eigenvalue weighted by Crippen LogP contribution is -2.49. The van der Waals surface area contributed by atoms with E-state index in [9.17, 15) is 9.90 Å². The number of carbonyl (C=O) groups is 1. The van der Waals surface area contributed by atoms with E-state index in [0.29, 0.717) is 0 Å². The number of carbonyl (C=O) groups excluding carboxylic acids is 1. The molecule has 3 nitrogen and oxygen atoms in total. The Morgan fingerprint density at radius 3 is 2.55 bits per heavy atom. The van der Waals surface area contributed by atoms with Crippen molar-refractivity contribution in [3.8, 4) is 0 Å². The average Bonchev–Trinajstić information content (AvgIpc) is 2.50. The second-order valence-corrected chi connectivity index (χ2v) is 5.48. The van der Waals surface area contributed by atoms with E-state index in [-0.39, 0.29) is 11.5 Å². The number of pyridine rings is 1. The molecule has 20 heavy (non-hydrogen) atoms. The summed E-state index contributed by atoms with van der Waals surface area (Å²) in [5.74, 6) is -0.157. The lowest BCUT2D eigenvalue weighted by molar-refractivity contribution is -0.126. The van der Waals surface area contributed by atoms with E-state index in [0.717, 1.165) is 49.8 Å². The van der Waals surface area contributed by atoms with Crippen LogP contribution >= 0.6 is 0 Å². The van der Waals surface area contributed by atoms with Crippen molar-refractivity contribution in [2.75, 3.05) is 0 Å². The van der Waals surface area contributed by atoms with E-state index in [1.165, 1.54) is 0 Å². The molecule has 1 aliphatic carbocycles. The van der Waals surface area contributed by atoms with Crippen molar-refractivity contribution < 1.29 is 9.90 Å². The predicted molar refractivity (Wildman–Crippen MR) is 79.6 cm³/mol. The van der Waals surface area contributed by atoms with Crippen molar-refractivity contribution in [1.29, 1.82) is 0 Å². The first kappa shape index (κ1) is 14.8. The van der Waals surface area contributed by atoms with Crippen molar-refractivity contribution in [1.82, 2.24) is 4.98 Å². The second kappa shape index (κ2) is 6.21. The third-order valence-electron chi connectivity index (χ3n) is 4.19. The van der Waals surface area contributed by atoms with Crippen LogP contribution in [-0.2, 0) is 10.2 Å². The van der Waals surface area contributed by atoms with Crippen LogP contribution in [-0.4, -0.2) is 15.9 Å². The predicted octanol–water partition coefficient (Wildman–Crippen LogP) is 4.09. The number of Topliss-reactive ketones (excluding diaryl/α,β-unsaturated/α-hetero) is 1. The summed E-state index contributed by atoms with van der Waals surface area (Å²) in [4.78, 5) is 16.8.